The van der Waals surface area contributed by atoms with Crippen LogP contribution in [-0.4, -0.2) is 30.6 Å². The molecule has 1 fully saturated rings. The Morgan fingerprint density at radius 1 is 1.44 bits per heavy atom. The summed E-state index contributed by atoms with van der Waals surface area (Å²) < 4.78 is 0. The number of aromatic nitrogens is 2. The number of hydrogen-bond donors (Lipinski definition) is 1. The predicted octanol–water partition coefficient (Wildman–Crippen LogP) is 1.43. The molecule has 0 saturated heterocycles. The van der Waals surface area contributed by atoms with Crippen LogP contribution in [0, 0.1) is 5.92 Å². The lowest BCUT2D eigenvalue weighted by molar-refractivity contribution is 0.301. The molecular formula is C12H20N4. The van der Waals surface area contributed by atoms with Crippen LogP contribution in [0.4, 0.5) is 5.95 Å². The topological polar surface area (TPSA) is 41.1 Å². The molecule has 4 nitrogen and oxygen atoms in total. The van der Waals surface area contributed by atoms with Crippen LogP contribution >= 0.6 is 0 Å². The fraction of sp³-hybridized carbons (Fsp3) is 0.667. The van der Waals surface area contributed by atoms with Gasteiger partial charge in [-0.1, -0.05) is 6.42 Å². The van der Waals surface area contributed by atoms with E-state index < -0.39 is 0 Å². The number of nitrogens with one attached hydrogen (secondary N) is 1. The van der Waals surface area contributed by atoms with E-state index in [0.717, 1.165) is 30.6 Å². The summed E-state index contributed by atoms with van der Waals surface area (Å²) in [6, 6.07) is 1.97. The van der Waals surface area contributed by atoms with E-state index in [1.54, 1.807) is 0 Å². The molecule has 1 N–H and O–H groups in total. The second-order valence-corrected chi connectivity index (χ2v) is 4.67. The summed E-state index contributed by atoms with van der Waals surface area (Å²) in [4.78, 5) is 10.6. The molecule has 88 valence electrons. The molecule has 1 aliphatic rings. The van der Waals surface area contributed by atoms with Crippen molar-refractivity contribution in [2.45, 2.75) is 25.8 Å². The van der Waals surface area contributed by atoms with Crippen molar-refractivity contribution in [2.75, 3.05) is 25.5 Å². The quantitative estimate of drug-likeness (QED) is 0.815. The Morgan fingerprint density at radius 2 is 2.25 bits per heavy atom. The molecule has 0 radical (unpaired) electrons. The third-order valence-electron chi connectivity index (χ3n) is 3.06. The molecule has 0 bridgehead atoms. The van der Waals surface area contributed by atoms with Crippen molar-refractivity contribution in [1.82, 2.24) is 15.3 Å². The molecular weight excluding hydrogens is 200 g/mol. The molecule has 4 heteroatoms. The van der Waals surface area contributed by atoms with Gasteiger partial charge >= 0.3 is 0 Å². The van der Waals surface area contributed by atoms with Crippen LogP contribution < -0.4 is 10.2 Å². The molecule has 0 aromatic carbocycles. The first-order chi connectivity index (χ1) is 7.75. The fourth-order valence-corrected chi connectivity index (χ4v) is 1.80. The Balaban J connectivity index is 1.81. The molecule has 0 aliphatic heterocycles. The average molecular weight is 220 g/mol. The van der Waals surface area contributed by atoms with Crippen molar-refractivity contribution in [3.8, 4) is 0 Å². The van der Waals surface area contributed by atoms with Crippen LogP contribution in [-0.2, 0) is 6.54 Å². The standard InChI is InChI=1S/C12H20N4/c1-16(2)12-14-7-6-11(15-12)9-13-8-10-4-3-5-10/h6-7,10,13H,3-5,8-9H2,1-2H3. The minimum atomic E-state index is 0.781. The second-order valence-electron chi connectivity index (χ2n) is 4.67. The lowest BCUT2D eigenvalue weighted by Gasteiger charge is -2.25. The highest BCUT2D eigenvalue weighted by molar-refractivity contribution is 5.26. The Morgan fingerprint density at radius 3 is 2.88 bits per heavy atom. The minimum absolute atomic E-state index is 0.781. The minimum Gasteiger partial charge on any atom is -0.347 e. The summed E-state index contributed by atoms with van der Waals surface area (Å²) in [6.07, 6.45) is 6.01. The zero-order valence-corrected chi connectivity index (χ0v) is 10.1. The van der Waals surface area contributed by atoms with Crippen molar-refractivity contribution >= 4 is 5.95 Å². The SMILES string of the molecule is CN(C)c1nccc(CNCC2CCC2)n1. The van der Waals surface area contributed by atoms with Gasteiger partial charge in [-0.05, 0) is 31.4 Å². The van der Waals surface area contributed by atoms with Gasteiger partial charge in [0.2, 0.25) is 5.95 Å². The van der Waals surface area contributed by atoms with E-state index in [1.165, 1.54) is 19.3 Å². The molecule has 0 amide bonds. The number of hydrogen-bond acceptors (Lipinski definition) is 4. The summed E-state index contributed by atoms with van der Waals surface area (Å²) in [7, 11) is 3.92. The Labute approximate surface area is 97.1 Å². The van der Waals surface area contributed by atoms with E-state index in [-0.39, 0.29) is 0 Å². The third kappa shape index (κ3) is 2.92. The highest BCUT2D eigenvalue weighted by atomic mass is 15.2. The number of rotatable bonds is 5. The number of nitrogens with zero attached hydrogens (tertiary/aromatic N) is 3. The molecule has 1 heterocycles. The molecule has 0 atom stereocenters. The van der Waals surface area contributed by atoms with Crippen LogP contribution in [0.1, 0.15) is 25.0 Å². The summed E-state index contributed by atoms with van der Waals surface area (Å²) in [5.41, 5.74) is 1.07. The van der Waals surface area contributed by atoms with Crippen molar-refractivity contribution in [3.63, 3.8) is 0 Å². The second kappa shape index (κ2) is 5.25. The third-order valence-corrected chi connectivity index (χ3v) is 3.06. The fourth-order valence-electron chi connectivity index (χ4n) is 1.80. The van der Waals surface area contributed by atoms with E-state index in [9.17, 15) is 0 Å². The summed E-state index contributed by atoms with van der Waals surface area (Å²) in [6.45, 7) is 1.97. The monoisotopic (exact) mass is 220 g/mol. The lowest BCUT2D eigenvalue weighted by Crippen LogP contribution is -2.27. The first kappa shape index (κ1) is 11.3. The molecule has 1 aromatic rings. The smallest absolute Gasteiger partial charge is 0.225 e. The maximum atomic E-state index is 4.47. The van der Waals surface area contributed by atoms with E-state index in [4.69, 9.17) is 0 Å². The van der Waals surface area contributed by atoms with Crippen molar-refractivity contribution in [3.05, 3.63) is 18.0 Å². The van der Waals surface area contributed by atoms with E-state index >= 15 is 0 Å². The molecule has 2 rings (SSSR count). The summed E-state index contributed by atoms with van der Waals surface area (Å²) >= 11 is 0. The van der Waals surface area contributed by atoms with Crippen LogP contribution in [0.5, 0.6) is 0 Å². The van der Waals surface area contributed by atoms with Crippen molar-refractivity contribution in [2.24, 2.45) is 5.92 Å². The highest BCUT2D eigenvalue weighted by Gasteiger charge is 2.16. The van der Waals surface area contributed by atoms with E-state index in [2.05, 4.69) is 15.3 Å². The van der Waals surface area contributed by atoms with Gasteiger partial charge in [-0.25, -0.2) is 9.97 Å². The maximum absolute atomic E-state index is 4.47. The van der Waals surface area contributed by atoms with Gasteiger partial charge in [0.05, 0.1) is 5.69 Å². The normalized spacial score (nSPS) is 15.9. The lowest BCUT2D eigenvalue weighted by atomic mass is 9.85. The predicted molar refractivity (Wildman–Crippen MR) is 65.4 cm³/mol. The van der Waals surface area contributed by atoms with E-state index in [1.807, 2.05) is 31.3 Å². The first-order valence-corrected chi connectivity index (χ1v) is 5.95. The summed E-state index contributed by atoms with van der Waals surface area (Å²) in [5.74, 6) is 1.68. The van der Waals surface area contributed by atoms with Gasteiger partial charge in [0.15, 0.2) is 0 Å². The van der Waals surface area contributed by atoms with Gasteiger partial charge in [-0.2, -0.15) is 0 Å². The van der Waals surface area contributed by atoms with E-state index in [0.29, 0.717) is 0 Å². The Bertz CT molecular complexity index is 334. The highest BCUT2D eigenvalue weighted by Crippen LogP contribution is 2.25. The number of anilines is 1. The van der Waals surface area contributed by atoms with Crippen LogP contribution in [0.3, 0.4) is 0 Å². The first-order valence-electron chi connectivity index (χ1n) is 5.95. The molecule has 0 unspecified atom stereocenters. The molecule has 1 aromatic heterocycles. The molecule has 0 spiro atoms. The van der Waals surface area contributed by atoms with Gasteiger partial charge in [0, 0.05) is 26.8 Å². The Hall–Kier alpha value is -1.16. The van der Waals surface area contributed by atoms with Gasteiger partial charge in [0.25, 0.3) is 0 Å². The van der Waals surface area contributed by atoms with Gasteiger partial charge in [-0.3, -0.25) is 0 Å². The molecule has 1 saturated carbocycles. The van der Waals surface area contributed by atoms with Gasteiger partial charge in [0.1, 0.15) is 0 Å². The van der Waals surface area contributed by atoms with Crippen LogP contribution in [0.2, 0.25) is 0 Å². The largest absolute Gasteiger partial charge is 0.347 e. The van der Waals surface area contributed by atoms with Gasteiger partial charge < -0.3 is 10.2 Å². The van der Waals surface area contributed by atoms with Gasteiger partial charge in [-0.15, -0.1) is 0 Å². The molecule has 1 aliphatic carbocycles. The summed E-state index contributed by atoms with van der Waals surface area (Å²) in [5, 5.41) is 3.46. The Kier molecular flexibility index (Phi) is 3.72. The van der Waals surface area contributed by atoms with Crippen LogP contribution in [0.25, 0.3) is 0 Å². The zero-order chi connectivity index (χ0) is 11.4. The van der Waals surface area contributed by atoms with Crippen molar-refractivity contribution < 1.29 is 0 Å². The van der Waals surface area contributed by atoms with Crippen molar-refractivity contribution in [1.29, 1.82) is 0 Å². The maximum Gasteiger partial charge on any atom is 0.225 e. The zero-order valence-electron chi connectivity index (χ0n) is 10.1. The molecule has 16 heavy (non-hydrogen) atoms. The average Bonchev–Trinajstić information content (AvgIpc) is 2.22. The van der Waals surface area contributed by atoms with Crippen LogP contribution in [0.15, 0.2) is 12.3 Å².